The maximum atomic E-state index is 2.51. The molecule has 0 bridgehead atoms. The van der Waals surface area contributed by atoms with Gasteiger partial charge in [0.15, 0.2) is 0 Å². The first kappa shape index (κ1) is 110. The van der Waals surface area contributed by atoms with Crippen LogP contribution < -0.4 is 0 Å². The zero-order valence-electron chi connectivity index (χ0n) is 89.8. The van der Waals surface area contributed by atoms with Crippen LogP contribution in [-0.2, 0) is 74.0 Å². The van der Waals surface area contributed by atoms with Crippen LogP contribution >= 0.6 is 0 Å². The molecule has 6 aliphatic carbocycles. The predicted molar refractivity (Wildman–Crippen MR) is 600 cm³/mol. The van der Waals surface area contributed by atoms with Gasteiger partial charge in [-0.05, 0) is 283 Å². The monoisotopic (exact) mass is 1790 g/mol. The number of benzene rings is 15. The molecule has 0 heteroatoms. The highest BCUT2D eigenvalue weighted by molar-refractivity contribution is 5.94. The van der Waals surface area contributed by atoms with Gasteiger partial charge < -0.3 is 0 Å². The summed E-state index contributed by atoms with van der Waals surface area (Å²) in [6, 6.07) is 119. The second-order valence-corrected chi connectivity index (χ2v) is 32.9. The Hall–Kier alpha value is -11.7. The van der Waals surface area contributed by atoms with Gasteiger partial charge in [-0.25, -0.2) is 0 Å². The molecule has 0 atom stereocenters. The maximum Gasteiger partial charge on any atom is 0.0719 e. The average Bonchev–Trinajstić information content (AvgIpc) is 1.54. The van der Waals surface area contributed by atoms with E-state index >= 15 is 0 Å². The maximum absolute atomic E-state index is 2.51. The minimum absolute atomic E-state index is 0.277. The van der Waals surface area contributed by atoms with Gasteiger partial charge in [-0.3, -0.25) is 0 Å². The van der Waals surface area contributed by atoms with Gasteiger partial charge in [0.2, 0.25) is 0 Å². The van der Waals surface area contributed by atoms with Crippen LogP contribution in [-0.4, -0.2) is 0 Å². The Bertz CT molecular complexity index is 5960. The predicted octanol–water partition coefficient (Wildman–Crippen LogP) is 38.5. The fourth-order valence-corrected chi connectivity index (χ4v) is 21.9. The van der Waals surface area contributed by atoms with Crippen molar-refractivity contribution in [3.63, 3.8) is 0 Å². The Labute approximate surface area is 823 Å². The first-order valence-corrected chi connectivity index (χ1v) is 52.8. The molecule has 0 fully saturated rings. The number of rotatable bonds is 9. The molecule has 15 aromatic rings. The molecular formula is C135H168. The molecule has 15 aromatic carbocycles. The molecule has 0 nitrogen and oxygen atoms in total. The average molecular weight is 1790 g/mol. The summed E-state index contributed by atoms with van der Waals surface area (Å²) in [6.07, 6.45) is 8.93. The van der Waals surface area contributed by atoms with Crippen LogP contribution in [0.4, 0.5) is 0 Å². The fraction of sp³-hybridized carbons (Fsp3) is 0.333. The summed E-state index contributed by atoms with van der Waals surface area (Å²) in [4.78, 5) is 0. The summed E-state index contributed by atoms with van der Waals surface area (Å²) in [5.74, 6) is 0. The van der Waals surface area contributed by atoms with Crippen molar-refractivity contribution in [3.05, 3.63) is 493 Å². The van der Waals surface area contributed by atoms with Gasteiger partial charge in [0.05, 0.1) is 16.2 Å². The van der Waals surface area contributed by atoms with E-state index in [2.05, 4.69) is 372 Å². The topological polar surface area (TPSA) is 0 Å². The lowest BCUT2D eigenvalue weighted by Crippen LogP contribution is -2.34. The van der Waals surface area contributed by atoms with Crippen LogP contribution in [0.25, 0.3) is 33.4 Å². The van der Waals surface area contributed by atoms with Crippen molar-refractivity contribution >= 4 is 0 Å². The van der Waals surface area contributed by atoms with Gasteiger partial charge in [0.1, 0.15) is 0 Å². The summed E-state index contributed by atoms with van der Waals surface area (Å²) in [7, 11) is 0. The van der Waals surface area contributed by atoms with Gasteiger partial charge in [0.25, 0.3) is 0 Å². The van der Waals surface area contributed by atoms with Crippen LogP contribution in [0, 0.1) is 41.5 Å². The van der Waals surface area contributed by atoms with E-state index in [1.54, 1.807) is 0 Å². The Balaban J connectivity index is 0.000000248. The van der Waals surface area contributed by atoms with Gasteiger partial charge >= 0.3 is 0 Å². The fourth-order valence-electron chi connectivity index (χ4n) is 21.9. The third kappa shape index (κ3) is 21.6. The van der Waals surface area contributed by atoms with Crippen molar-refractivity contribution in [2.24, 2.45) is 0 Å². The Kier molecular flexibility index (Phi) is 43.8. The van der Waals surface area contributed by atoms with Gasteiger partial charge in [0, 0.05) is 0 Å². The third-order valence-electron chi connectivity index (χ3n) is 25.9. The first-order chi connectivity index (χ1) is 66.3. The molecule has 6 aliphatic rings. The molecule has 0 saturated heterocycles. The molecule has 0 heterocycles. The van der Waals surface area contributed by atoms with Crippen LogP contribution in [0.3, 0.4) is 0 Å². The van der Waals surface area contributed by atoms with E-state index in [0.29, 0.717) is 0 Å². The van der Waals surface area contributed by atoms with E-state index in [0.717, 1.165) is 57.8 Å². The largest absolute Gasteiger partial charge is 0.0719 e. The summed E-state index contributed by atoms with van der Waals surface area (Å²) in [5.41, 5.74) is 54.6. The molecule has 0 aliphatic heterocycles. The molecule has 0 unspecified atom stereocenters. The second kappa shape index (κ2) is 53.6. The smallest absolute Gasteiger partial charge is 0.0683 e. The zero-order chi connectivity index (χ0) is 99.4. The summed E-state index contributed by atoms with van der Waals surface area (Å²) < 4.78 is 0. The van der Waals surface area contributed by atoms with Crippen molar-refractivity contribution in [3.8, 4) is 33.4 Å². The minimum atomic E-state index is -0.278. The second-order valence-electron chi connectivity index (χ2n) is 32.9. The van der Waals surface area contributed by atoms with Crippen LogP contribution in [0.5, 0.6) is 0 Å². The van der Waals surface area contributed by atoms with Gasteiger partial charge in [-0.2, -0.15) is 0 Å². The summed E-state index contributed by atoms with van der Waals surface area (Å²) in [6.45, 7) is 68.1. The van der Waals surface area contributed by atoms with E-state index in [9.17, 15) is 0 Å². The lowest BCUT2D eigenvalue weighted by Gasteiger charge is -2.40. The molecule has 708 valence electrons. The molecule has 0 radical (unpaired) electrons. The Morgan fingerprint density at radius 1 is 0.170 bits per heavy atom. The highest BCUT2D eigenvalue weighted by Crippen LogP contribution is 2.64. The van der Waals surface area contributed by atoms with Crippen molar-refractivity contribution in [1.82, 2.24) is 0 Å². The zero-order valence-corrected chi connectivity index (χ0v) is 89.8. The van der Waals surface area contributed by atoms with E-state index in [1.807, 2.05) is 166 Å². The standard InChI is InChI=1S/3C37H32.12C2H6/c1-4-27-13-9-17-33-35(27)36-30(22-26-20-24(2)19-25(3)21-26)14-10-18-34(36)37(33)31-15-7-5-11-28(31)23-29-12-6-8-16-32(29)37;1-4-26-16-17-34-31(22-26)36-30(21-27-19-24(2)18-25(3)20-27)12-9-15-35(36)37(34)32-13-7-5-10-28(32)23-29-11-6-8-14-33(29)37;1-4-26-16-17-31-35(22-26)37(32-13-7-5-10-28(32)23-29-11-6-8-14-33(29)37)34-15-9-12-30(36(31)34)21-27-19-24(2)18-25(3)20-27;12*1-2/h5-21H,4,22-23H2,1-3H3;2*5-20,22H,4,21,23H2,1-3H3;12*1-2H3. The van der Waals surface area contributed by atoms with E-state index in [-0.39, 0.29) is 16.2 Å². The van der Waals surface area contributed by atoms with Crippen molar-refractivity contribution in [2.45, 2.75) is 303 Å². The van der Waals surface area contributed by atoms with E-state index < -0.39 is 0 Å². The lowest BCUT2D eigenvalue weighted by atomic mass is 9.61. The highest BCUT2D eigenvalue weighted by atomic mass is 14.6. The van der Waals surface area contributed by atoms with Crippen molar-refractivity contribution in [2.75, 3.05) is 0 Å². The van der Waals surface area contributed by atoms with Crippen LogP contribution in [0.1, 0.15) is 371 Å². The molecule has 0 amide bonds. The molecule has 21 rings (SSSR count). The third-order valence-corrected chi connectivity index (χ3v) is 25.9. The molecule has 0 N–H and O–H groups in total. The highest BCUT2D eigenvalue weighted by Gasteiger charge is 2.54. The Morgan fingerprint density at radius 3 is 0.696 bits per heavy atom. The molecule has 0 aromatic heterocycles. The normalized spacial score (nSPS) is 12.2. The quantitative estimate of drug-likeness (QED) is 0.135. The van der Waals surface area contributed by atoms with E-state index in [1.165, 1.54) is 217 Å². The van der Waals surface area contributed by atoms with Gasteiger partial charge in [-0.1, -0.05) is 530 Å². The van der Waals surface area contributed by atoms with Crippen LogP contribution in [0.2, 0.25) is 0 Å². The summed E-state index contributed by atoms with van der Waals surface area (Å²) >= 11 is 0. The number of fused-ring (bicyclic) bond motifs is 27. The summed E-state index contributed by atoms with van der Waals surface area (Å²) in [5, 5.41) is 0. The number of hydrogen-bond acceptors (Lipinski definition) is 0. The molecular weight excluding hydrogens is 1620 g/mol. The van der Waals surface area contributed by atoms with Crippen molar-refractivity contribution in [1.29, 1.82) is 0 Å². The van der Waals surface area contributed by atoms with Gasteiger partial charge in [-0.15, -0.1) is 0 Å². The Morgan fingerprint density at radius 2 is 0.400 bits per heavy atom. The molecule has 0 saturated carbocycles. The van der Waals surface area contributed by atoms with Crippen LogP contribution in [0.15, 0.2) is 309 Å². The number of hydrogen-bond donors (Lipinski definition) is 0. The SMILES string of the molecule is CC.CC.CC.CC.CC.CC.CC.CC.CC.CC.CC.CC.CCc1ccc2c(c1)-c1c(Cc3cc(C)cc(C)c3)cccc1C21c2ccccc2Cc2ccccc21.CCc1ccc2c(c1)C1(c3ccccc3Cc3ccccc31)c1cccc(Cc3cc(C)cc(C)c3)c1-2.CCc1cccc2c1-c1c(Cc3cc(C)cc(C)c3)cccc1C21c2ccccc2Cc2ccccc21. The first-order valence-electron chi connectivity index (χ1n) is 52.8. The molecule has 3 spiro atoms. The minimum Gasteiger partial charge on any atom is -0.0683 e. The molecule has 135 heavy (non-hydrogen) atoms. The van der Waals surface area contributed by atoms with E-state index in [4.69, 9.17) is 0 Å². The number of aryl methyl sites for hydroxylation is 9. The van der Waals surface area contributed by atoms with Crippen molar-refractivity contribution < 1.29 is 0 Å². The lowest BCUT2D eigenvalue weighted by molar-refractivity contribution is 0.720.